The maximum Gasteiger partial charge on any atom is 0.212 e. The minimum Gasteiger partial charge on any atom is -0.229 e. The standard InChI is InChI=1S/C9H20BrNO4S2/c1-8(2)6-9(7-10)11-17(14,15)5-4-16(3,12)13/h8-9,11H,4-7H2,1-3H3. The Morgan fingerprint density at radius 3 is 2.00 bits per heavy atom. The first-order valence-corrected chi connectivity index (χ1v) is 10.1. The van der Waals surface area contributed by atoms with E-state index in [1.165, 1.54) is 0 Å². The quantitative estimate of drug-likeness (QED) is 0.656. The fourth-order valence-electron chi connectivity index (χ4n) is 1.29. The van der Waals surface area contributed by atoms with Crippen LogP contribution in [0.4, 0.5) is 0 Å². The Labute approximate surface area is 112 Å². The zero-order valence-electron chi connectivity index (χ0n) is 10.3. The van der Waals surface area contributed by atoms with Crippen molar-refractivity contribution in [3.8, 4) is 0 Å². The largest absolute Gasteiger partial charge is 0.229 e. The van der Waals surface area contributed by atoms with Gasteiger partial charge in [-0.1, -0.05) is 29.8 Å². The van der Waals surface area contributed by atoms with Gasteiger partial charge >= 0.3 is 0 Å². The molecule has 0 aliphatic heterocycles. The first-order chi connectivity index (χ1) is 7.56. The summed E-state index contributed by atoms with van der Waals surface area (Å²) in [5, 5.41) is 0.517. The van der Waals surface area contributed by atoms with Crippen molar-refractivity contribution in [2.75, 3.05) is 23.1 Å². The highest BCUT2D eigenvalue weighted by molar-refractivity contribution is 9.09. The topological polar surface area (TPSA) is 80.3 Å². The van der Waals surface area contributed by atoms with E-state index in [1.54, 1.807) is 0 Å². The minimum atomic E-state index is -3.53. The highest BCUT2D eigenvalue weighted by atomic mass is 79.9. The second-order valence-electron chi connectivity index (χ2n) is 4.55. The number of hydrogen-bond donors (Lipinski definition) is 1. The van der Waals surface area contributed by atoms with Gasteiger partial charge in [0.1, 0.15) is 9.84 Å². The molecular weight excluding hydrogens is 330 g/mol. The third-order valence-corrected chi connectivity index (χ3v) is 5.43. The molecule has 0 aliphatic carbocycles. The van der Waals surface area contributed by atoms with Crippen LogP contribution in [0.15, 0.2) is 0 Å². The lowest BCUT2D eigenvalue weighted by Gasteiger charge is -2.18. The Balaban J connectivity index is 4.42. The Morgan fingerprint density at radius 2 is 1.65 bits per heavy atom. The molecule has 0 aliphatic rings. The summed E-state index contributed by atoms with van der Waals surface area (Å²) in [4.78, 5) is 0. The van der Waals surface area contributed by atoms with Crippen molar-refractivity contribution in [1.29, 1.82) is 0 Å². The molecule has 0 saturated carbocycles. The third kappa shape index (κ3) is 9.99. The molecule has 0 aromatic carbocycles. The van der Waals surface area contributed by atoms with E-state index in [0.29, 0.717) is 17.7 Å². The molecular formula is C9H20BrNO4S2. The summed E-state index contributed by atoms with van der Waals surface area (Å²) in [6.45, 7) is 4.00. The van der Waals surface area contributed by atoms with E-state index >= 15 is 0 Å². The van der Waals surface area contributed by atoms with Gasteiger partial charge < -0.3 is 0 Å². The molecule has 17 heavy (non-hydrogen) atoms. The van der Waals surface area contributed by atoms with Crippen LogP contribution in [-0.4, -0.2) is 46.0 Å². The SMILES string of the molecule is CC(C)CC(CBr)NS(=O)(=O)CCS(C)(=O)=O. The second kappa shape index (κ2) is 7.06. The maximum atomic E-state index is 11.6. The van der Waals surface area contributed by atoms with Gasteiger partial charge in [0.2, 0.25) is 10.0 Å². The predicted molar refractivity (Wildman–Crippen MR) is 73.7 cm³/mol. The van der Waals surface area contributed by atoms with Crippen LogP contribution in [0.3, 0.4) is 0 Å². The van der Waals surface area contributed by atoms with Gasteiger partial charge in [-0.15, -0.1) is 0 Å². The van der Waals surface area contributed by atoms with Crippen LogP contribution >= 0.6 is 15.9 Å². The summed E-state index contributed by atoms with van der Waals surface area (Å²) in [7, 11) is -6.78. The van der Waals surface area contributed by atoms with Crippen molar-refractivity contribution in [3.63, 3.8) is 0 Å². The number of sulfonamides is 1. The van der Waals surface area contributed by atoms with Crippen LogP contribution in [0.1, 0.15) is 20.3 Å². The summed E-state index contributed by atoms with van der Waals surface area (Å²) in [6, 6.07) is -0.195. The monoisotopic (exact) mass is 349 g/mol. The Kier molecular flexibility index (Phi) is 7.20. The van der Waals surface area contributed by atoms with Crippen molar-refractivity contribution >= 4 is 35.8 Å². The summed E-state index contributed by atoms with van der Waals surface area (Å²) in [5.74, 6) is -0.359. The molecule has 1 unspecified atom stereocenters. The van der Waals surface area contributed by atoms with E-state index in [4.69, 9.17) is 0 Å². The van der Waals surface area contributed by atoms with Gasteiger partial charge in [0.25, 0.3) is 0 Å². The van der Waals surface area contributed by atoms with Crippen molar-refractivity contribution in [2.24, 2.45) is 5.92 Å². The number of sulfone groups is 1. The lowest BCUT2D eigenvalue weighted by molar-refractivity contribution is 0.488. The summed E-state index contributed by atoms with van der Waals surface area (Å²) in [5.41, 5.74) is 0. The first kappa shape index (κ1) is 17.3. The molecule has 104 valence electrons. The molecule has 8 heteroatoms. The lowest BCUT2D eigenvalue weighted by atomic mass is 10.1. The van der Waals surface area contributed by atoms with Gasteiger partial charge in [0.05, 0.1) is 11.5 Å². The van der Waals surface area contributed by atoms with Crippen molar-refractivity contribution in [3.05, 3.63) is 0 Å². The van der Waals surface area contributed by atoms with E-state index in [2.05, 4.69) is 20.7 Å². The van der Waals surface area contributed by atoms with E-state index in [9.17, 15) is 16.8 Å². The lowest BCUT2D eigenvalue weighted by Crippen LogP contribution is -2.39. The Hall–Kier alpha value is 0.340. The third-order valence-electron chi connectivity index (χ3n) is 2.01. The molecule has 1 N–H and O–H groups in total. The molecule has 0 rings (SSSR count). The molecule has 0 aromatic heterocycles. The average molecular weight is 350 g/mol. The van der Waals surface area contributed by atoms with Gasteiger partial charge in [-0.2, -0.15) is 0 Å². The van der Waals surface area contributed by atoms with E-state index < -0.39 is 19.9 Å². The predicted octanol–water partition coefficient (Wildman–Crippen LogP) is 0.760. The van der Waals surface area contributed by atoms with Crippen molar-refractivity contribution in [1.82, 2.24) is 4.72 Å². The van der Waals surface area contributed by atoms with Crippen LogP contribution in [0.25, 0.3) is 0 Å². The zero-order chi connectivity index (χ0) is 13.7. The van der Waals surface area contributed by atoms with Crippen molar-refractivity contribution in [2.45, 2.75) is 26.3 Å². The number of hydrogen-bond acceptors (Lipinski definition) is 4. The molecule has 0 amide bonds. The smallest absolute Gasteiger partial charge is 0.212 e. The van der Waals surface area contributed by atoms with Crippen LogP contribution in [0, 0.1) is 5.92 Å². The molecule has 0 bridgehead atoms. The van der Waals surface area contributed by atoms with Crippen LogP contribution in [0.2, 0.25) is 0 Å². The van der Waals surface area contributed by atoms with Gasteiger partial charge in [0, 0.05) is 17.6 Å². The summed E-state index contributed by atoms with van der Waals surface area (Å²) >= 11 is 3.24. The number of halogens is 1. The molecule has 5 nitrogen and oxygen atoms in total. The fourth-order valence-corrected chi connectivity index (χ4v) is 4.82. The van der Waals surface area contributed by atoms with E-state index in [1.807, 2.05) is 13.8 Å². The van der Waals surface area contributed by atoms with Crippen LogP contribution in [0.5, 0.6) is 0 Å². The molecule has 0 radical (unpaired) electrons. The molecule has 0 heterocycles. The maximum absolute atomic E-state index is 11.6. The van der Waals surface area contributed by atoms with E-state index in [-0.39, 0.29) is 17.5 Å². The Bertz CT molecular complexity index is 416. The first-order valence-electron chi connectivity index (χ1n) is 5.29. The van der Waals surface area contributed by atoms with Gasteiger partial charge in [-0.3, -0.25) is 0 Å². The zero-order valence-corrected chi connectivity index (χ0v) is 13.5. The molecule has 0 saturated heterocycles. The van der Waals surface area contributed by atoms with Crippen LogP contribution in [-0.2, 0) is 19.9 Å². The highest BCUT2D eigenvalue weighted by Crippen LogP contribution is 2.08. The second-order valence-corrected chi connectivity index (χ2v) is 9.33. The van der Waals surface area contributed by atoms with Gasteiger partial charge in [0.15, 0.2) is 0 Å². The summed E-state index contributed by atoms with van der Waals surface area (Å²) < 4.78 is 47.6. The minimum absolute atomic E-state index is 0.195. The molecule has 0 spiro atoms. The molecule has 1 atom stereocenters. The fraction of sp³-hybridized carbons (Fsp3) is 1.00. The number of nitrogens with one attached hydrogen (secondary N) is 1. The van der Waals surface area contributed by atoms with Crippen molar-refractivity contribution < 1.29 is 16.8 Å². The number of rotatable bonds is 8. The normalized spacial score (nSPS) is 15.1. The van der Waals surface area contributed by atoms with Gasteiger partial charge in [-0.25, -0.2) is 21.6 Å². The molecule has 0 fully saturated rings. The Morgan fingerprint density at radius 1 is 1.12 bits per heavy atom. The number of alkyl halides is 1. The van der Waals surface area contributed by atoms with Crippen LogP contribution < -0.4 is 4.72 Å². The van der Waals surface area contributed by atoms with Gasteiger partial charge in [-0.05, 0) is 12.3 Å². The highest BCUT2D eigenvalue weighted by Gasteiger charge is 2.19. The molecule has 0 aromatic rings. The average Bonchev–Trinajstić information content (AvgIpc) is 2.12. The summed E-state index contributed by atoms with van der Waals surface area (Å²) in [6.07, 6.45) is 1.74. The van der Waals surface area contributed by atoms with E-state index in [0.717, 1.165) is 6.26 Å².